The van der Waals surface area contributed by atoms with Gasteiger partial charge in [0.05, 0.1) is 21.7 Å². The van der Waals surface area contributed by atoms with Crippen LogP contribution in [0.1, 0.15) is 50.4 Å². The monoisotopic (exact) mass is 356 g/mol. The van der Waals surface area contributed by atoms with E-state index < -0.39 is 0 Å². The first-order chi connectivity index (χ1) is 12.0. The molecule has 130 valence electrons. The highest BCUT2D eigenvalue weighted by Crippen LogP contribution is 2.32. The van der Waals surface area contributed by atoms with Crippen LogP contribution in [0.5, 0.6) is 0 Å². The van der Waals surface area contributed by atoms with Gasteiger partial charge in [-0.2, -0.15) is 0 Å². The summed E-state index contributed by atoms with van der Waals surface area (Å²) in [5.41, 5.74) is 2.55. The van der Waals surface area contributed by atoms with Crippen LogP contribution in [0, 0.1) is 20.8 Å². The molecule has 0 bridgehead atoms. The molecule has 0 unspecified atom stereocenters. The zero-order valence-corrected chi connectivity index (χ0v) is 15.4. The molecule has 0 atom stereocenters. The highest BCUT2D eigenvalue weighted by molar-refractivity contribution is 7.11. The summed E-state index contributed by atoms with van der Waals surface area (Å²) in [6, 6.07) is 1.84. The average molecular weight is 356 g/mol. The van der Waals surface area contributed by atoms with Gasteiger partial charge in [-0.1, -0.05) is 5.16 Å². The van der Waals surface area contributed by atoms with Gasteiger partial charge in [-0.05, 0) is 39.7 Å². The molecule has 7 heteroatoms. The van der Waals surface area contributed by atoms with E-state index in [0.717, 1.165) is 37.0 Å². The zero-order valence-electron chi connectivity index (χ0n) is 14.6. The van der Waals surface area contributed by atoms with Crippen molar-refractivity contribution in [1.82, 2.24) is 20.0 Å². The lowest BCUT2D eigenvalue weighted by Crippen LogP contribution is -2.38. The third-order valence-electron chi connectivity index (χ3n) is 4.75. The van der Waals surface area contributed by atoms with Gasteiger partial charge in [-0.15, -0.1) is 11.3 Å². The highest BCUT2D eigenvalue weighted by Gasteiger charge is 2.28. The van der Waals surface area contributed by atoms with Crippen LogP contribution in [0.25, 0.3) is 11.1 Å². The minimum Gasteiger partial charge on any atom is -0.339 e. The van der Waals surface area contributed by atoms with E-state index in [4.69, 9.17) is 4.52 Å². The molecule has 0 aromatic carbocycles. The fourth-order valence-electron chi connectivity index (χ4n) is 3.45. The number of pyridine rings is 1. The molecule has 1 fully saturated rings. The first kappa shape index (κ1) is 16.2. The Morgan fingerprint density at radius 1 is 1.28 bits per heavy atom. The van der Waals surface area contributed by atoms with E-state index in [1.807, 2.05) is 31.0 Å². The largest absolute Gasteiger partial charge is 0.339 e. The number of piperidine rings is 1. The Kier molecular flexibility index (Phi) is 4.03. The Labute approximate surface area is 149 Å². The second-order valence-corrected chi connectivity index (χ2v) is 7.90. The predicted molar refractivity (Wildman–Crippen MR) is 96.0 cm³/mol. The van der Waals surface area contributed by atoms with Crippen LogP contribution in [0.3, 0.4) is 0 Å². The van der Waals surface area contributed by atoms with Crippen molar-refractivity contribution in [1.29, 1.82) is 0 Å². The third kappa shape index (κ3) is 2.93. The molecule has 4 heterocycles. The molecule has 3 aromatic rings. The fraction of sp³-hybridized carbons (Fsp3) is 0.444. The smallest absolute Gasteiger partial charge is 0.258 e. The molecule has 4 rings (SSSR count). The summed E-state index contributed by atoms with van der Waals surface area (Å²) in [6.07, 6.45) is 3.84. The van der Waals surface area contributed by atoms with Gasteiger partial charge in [-0.25, -0.2) is 9.97 Å². The van der Waals surface area contributed by atoms with Crippen LogP contribution in [0.4, 0.5) is 0 Å². The number of carbonyl (C=O) groups is 1. The maximum absolute atomic E-state index is 13.1. The zero-order chi connectivity index (χ0) is 17.6. The number of amides is 1. The van der Waals surface area contributed by atoms with E-state index in [2.05, 4.69) is 22.0 Å². The normalized spacial score (nSPS) is 15.9. The Morgan fingerprint density at radius 3 is 2.72 bits per heavy atom. The van der Waals surface area contributed by atoms with Crippen LogP contribution in [-0.2, 0) is 0 Å². The summed E-state index contributed by atoms with van der Waals surface area (Å²) in [4.78, 5) is 25.1. The molecule has 1 aliphatic rings. The van der Waals surface area contributed by atoms with Gasteiger partial charge in [0.25, 0.3) is 11.6 Å². The maximum Gasteiger partial charge on any atom is 0.258 e. The van der Waals surface area contributed by atoms with Crippen molar-refractivity contribution in [3.05, 3.63) is 39.1 Å². The minimum atomic E-state index is 0.0376. The number of hydrogen-bond donors (Lipinski definition) is 0. The van der Waals surface area contributed by atoms with Crippen molar-refractivity contribution in [2.45, 2.75) is 39.5 Å². The molecular weight excluding hydrogens is 336 g/mol. The quantitative estimate of drug-likeness (QED) is 0.701. The Bertz CT molecular complexity index is 938. The van der Waals surface area contributed by atoms with Gasteiger partial charge in [0, 0.05) is 35.8 Å². The summed E-state index contributed by atoms with van der Waals surface area (Å²) < 4.78 is 5.25. The number of fused-ring (bicyclic) bond motifs is 1. The predicted octanol–water partition coefficient (Wildman–Crippen LogP) is 3.62. The number of aryl methyl sites for hydroxylation is 3. The second kappa shape index (κ2) is 6.22. The van der Waals surface area contributed by atoms with Gasteiger partial charge in [0.15, 0.2) is 0 Å². The van der Waals surface area contributed by atoms with Crippen LogP contribution in [0.2, 0.25) is 0 Å². The van der Waals surface area contributed by atoms with Crippen molar-refractivity contribution < 1.29 is 9.32 Å². The SMILES string of the molecule is Cc1cc(C(=O)N2CCC(c3ncc(C)s3)CC2)c2c(C)noc2n1. The Hall–Kier alpha value is -2.28. The second-order valence-electron chi connectivity index (χ2n) is 6.63. The van der Waals surface area contributed by atoms with E-state index in [1.165, 1.54) is 9.88 Å². The maximum atomic E-state index is 13.1. The topological polar surface area (TPSA) is 72.1 Å². The Morgan fingerprint density at radius 2 is 2.04 bits per heavy atom. The first-order valence-corrected chi connectivity index (χ1v) is 9.30. The molecule has 0 spiro atoms. The molecule has 0 radical (unpaired) electrons. The molecule has 6 nitrogen and oxygen atoms in total. The standard InChI is InChI=1S/C18H20N4O2S/c1-10-8-14(15-12(3)21-24-16(15)20-10)18(23)22-6-4-13(5-7-22)17-19-9-11(2)25-17/h8-9,13H,4-7H2,1-3H3. The number of thiazole rings is 1. The summed E-state index contributed by atoms with van der Waals surface area (Å²) in [6.45, 7) is 7.28. The van der Waals surface area contributed by atoms with Gasteiger partial charge in [0.1, 0.15) is 0 Å². The molecule has 1 aliphatic heterocycles. The number of likely N-dealkylation sites (tertiary alicyclic amines) is 1. The molecule has 1 amide bonds. The third-order valence-corrected chi connectivity index (χ3v) is 5.82. The Balaban J connectivity index is 1.56. The van der Waals surface area contributed by atoms with E-state index in [1.54, 1.807) is 11.3 Å². The lowest BCUT2D eigenvalue weighted by molar-refractivity contribution is 0.0714. The van der Waals surface area contributed by atoms with E-state index in [-0.39, 0.29) is 5.91 Å². The van der Waals surface area contributed by atoms with Crippen molar-refractivity contribution in [3.8, 4) is 0 Å². The number of carbonyl (C=O) groups excluding carboxylic acids is 1. The van der Waals surface area contributed by atoms with E-state index >= 15 is 0 Å². The van der Waals surface area contributed by atoms with Crippen LogP contribution >= 0.6 is 11.3 Å². The van der Waals surface area contributed by atoms with Gasteiger partial charge in [0.2, 0.25) is 0 Å². The van der Waals surface area contributed by atoms with Gasteiger partial charge >= 0.3 is 0 Å². The van der Waals surface area contributed by atoms with Crippen LogP contribution in [-0.4, -0.2) is 39.0 Å². The minimum absolute atomic E-state index is 0.0376. The van der Waals surface area contributed by atoms with Crippen molar-refractivity contribution in [2.75, 3.05) is 13.1 Å². The van der Waals surface area contributed by atoms with Crippen LogP contribution < -0.4 is 0 Å². The average Bonchev–Trinajstić information content (AvgIpc) is 3.20. The number of rotatable bonds is 2. The fourth-order valence-corrected chi connectivity index (χ4v) is 4.39. The molecule has 25 heavy (non-hydrogen) atoms. The summed E-state index contributed by atoms with van der Waals surface area (Å²) >= 11 is 1.76. The lowest BCUT2D eigenvalue weighted by atomic mass is 9.96. The van der Waals surface area contributed by atoms with Crippen molar-refractivity contribution in [2.24, 2.45) is 0 Å². The van der Waals surface area contributed by atoms with Gasteiger partial charge in [-0.3, -0.25) is 4.79 Å². The number of aromatic nitrogens is 3. The summed E-state index contributed by atoms with van der Waals surface area (Å²) in [5, 5.41) is 5.89. The van der Waals surface area contributed by atoms with Crippen LogP contribution in [0.15, 0.2) is 16.8 Å². The van der Waals surface area contributed by atoms with Crippen molar-refractivity contribution in [3.63, 3.8) is 0 Å². The van der Waals surface area contributed by atoms with Gasteiger partial charge < -0.3 is 9.42 Å². The molecule has 0 aliphatic carbocycles. The lowest BCUT2D eigenvalue weighted by Gasteiger charge is -2.31. The van der Waals surface area contributed by atoms with Crippen molar-refractivity contribution >= 4 is 28.3 Å². The molecule has 3 aromatic heterocycles. The summed E-state index contributed by atoms with van der Waals surface area (Å²) in [5.74, 6) is 0.495. The summed E-state index contributed by atoms with van der Waals surface area (Å²) in [7, 11) is 0. The number of nitrogens with zero attached hydrogens (tertiary/aromatic N) is 4. The highest BCUT2D eigenvalue weighted by atomic mass is 32.1. The van der Waals surface area contributed by atoms with E-state index in [0.29, 0.717) is 22.9 Å². The molecular formula is C18H20N4O2S. The molecule has 0 saturated carbocycles. The molecule has 0 N–H and O–H groups in total. The molecule has 1 saturated heterocycles. The van der Waals surface area contributed by atoms with E-state index in [9.17, 15) is 4.79 Å². The number of hydrogen-bond acceptors (Lipinski definition) is 6. The first-order valence-electron chi connectivity index (χ1n) is 8.48.